The van der Waals surface area contributed by atoms with Crippen molar-refractivity contribution in [3.05, 3.63) is 60.4 Å². The number of benzene rings is 1. The lowest BCUT2D eigenvalue weighted by atomic mass is 9.64. The van der Waals surface area contributed by atoms with Crippen LogP contribution in [0.1, 0.15) is 43.6 Å². The van der Waals surface area contributed by atoms with E-state index in [2.05, 4.69) is 70.4 Å². The smallest absolute Gasteiger partial charge is 0.261 e. The summed E-state index contributed by atoms with van der Waals surface area (Å²) in [4.78, 5) is 15.1. The van der Waals surface area contributed by atoms with Crippen molar-refractivity contribution in [1.29, 1.82) is 0 Å². The molecule has 4 aromatic rings. The summed E-state index contributed by atoms with van der Waals surface area (Å²) in [5.74, 6) is 1.52. The molecule has 3 aromatic heterocycles. The molecule has 0 radical (unpaired) electrons. The SMILES string of the molecule is CC(CN(C)C)n1cc(-c2nc(C3(c4ccc(-c5cnc(N)nc5)cc4)CCC3)no2)cn1. The van der Waals surface area contributed by atoms with E-state index in [1.807, 2.05) is 10.9 Å². The van der Waals surface area contributed by atoms with Gasteiger partial charge in [0, 0.05) is 30.7 Å². The van der Waals surface area contributed by atoms with E-state index in [1.165, 1.54) is 5.56 Å². The zero-order valence-electron chi connectivity index (χ0n) is 19.1. The van der Waals surface area contributed by atoms with Crippen LogP contribution in [-0.4, -0.2) is 55.4 Å². The van der Waals surface area contributed by atoms with Gasteiger partial charge in [0.2, 0.25) is 5.95 Å². The third-order valence-electron chi connectivity index (χ3n) is 6.43. The van der Waals surface area contributed by atoms with Gasteiger partial charge >= 0.3 is 0 Å². The molecule has 1 saturated carbocycles. The lowest BCUT2D eigenvalue weighted by Crippen LogP contribution is -2.36. The highest BCUT2D eigenvalue weighted by Gasteiger charge is 2.44. The van der Waals surface area contributed by atoms with Crippen molar-refractivity contribution in [2.24, 2.45) is 0 Å². The maximum Gasteiger partial charge on any atom is 0.261 e. The summed E-state index contributed by atoms with van der Waals surface area (Å²) in [7, 11) is 4.11. The lowest BCUT2D eigenvalue weighted by molar-refractivity contribution is 0.273. The molecule has 1 atom stereocenters. The molecule has 170 valence electrons. The first-order valence-electron chi connectivity index (χ1n) is 11.2. The minimum absolute atomic E-state index is 0.216. The van der Waals surface area contributed by atoms with Gasteiger partial charge in [-0.1, -0.05) is 35.8 Å². The van der Waals surface area contributed by atoms with Gasteiger partial charge in [-0.05, 0) is 45.0 Å². The standard InChI is InChI=1S/C24H28N8O/c1-16(14-31(2)3)32-15-19(13-28-32)21-29-22(30-33-21)24(9-4-10-24)20-7-5-17(6-8-20)18-11-26-23(25)27-12-18/h5-8,11-13,15-16H,4,9-10,14H2,1-3H3,(H2,25,26,27). The van der Waals surface area contributed by atoms with Crippen LogP contribution >= 0.6 is 0 Å². The fourth-order valence-corrected chi connectivity index (χ4v) is 4.48. The van der Waals surface area contributed by atoms with Crippen molar-refractivity contribution in [3.8, 4) is 22.6 Å². The largest absolute Gasteiger partial charge is 0.368 e. The molecular weight excluding hydrogens is 416 g/mol. The Hall–Kier alpha value is -3.59. The Morgan fingerprint density at radius 1 is 1.06 bits per heavy atom. The Morgan fingerprint density at radius 2 is 1.79 bits per heavy atom. The summed E-state index contributed by atoms with van der Waals surface area (Å²) in [6, 6.07) is 8.70. The summed E-state index contributed by atoms with van der Waals surface area (Å²) in [5, 5.41) is 8.89. The average molecular weight is 445 g/mol. The van der Waals surface area contributed by atoms with Crippen LogP contribution < -0.4 is 5.73 Å². The van der Waals surface area contributed by atoms with Crippen LogP contribution in [-0.2, 0) is 5.41 Å². The Kier molecular flexibility index (Phi) is 5.41. The highest BCUT2D eigenvalue weighted by Crippen LogP contribution is 2.48. The molecule has 0 bridgehead atoms. The molecule has 1 unspecified atom stereocenters. The molecule has 0 spiro atoms. The van der Waals surface area contributed by atoms with E-state index in [9.17, 15) is 0 Å². The first-order valence-corrected chi connectivity index (χ1v) is 11.2. The predicted octanol–water partition coefficient (Wildman–Crippen LogP) is 3.56. The third kappa shape index (κ3) is 4.00. The quantitative estimate of drug-likeness (QED) is 0.460. The van der Waals surface area contributed by atoms with Gasteiger partial charge in [-0.15, -0.1) is 0 Å². The van der Waals surface area contributed by atoms with Gasteiger partial charge in [-0.25, -0.2) is 9.97 Å². The van der Waals surface area contributed by atoms with Crippen molar-refractivity contribution in [2.45, 2.75) is 37.6 Å². The van der Waals surface area contributed by atoms with Crippen LogP contribution in [0.15, 0.2) is 53.6 Å². The maximum absolute atomic E-state index is 5.68. The maximum atomic E-state index is 5.68. The molecule has 5 rings (SSSR count). The van der Waals surface area contributed by atoms with E-state index >= 15 is 0 Å². The minimum Gasteiger partial charge on any atom is -0.368 e. The molecule has 1 aliphatic rings. The van der Waals surface area contributed by atoms with Gasteiger partial charge in [-0.3, -0.25) is 4.68 Å². The first-order chi connectivity index (χ1) is 15.9. The number of likely N-dealkylation sites (N-methyl/N-ethyl adjacent to an activating group) is 1. The first kappa shape index (κ1) is 21.3. The summed E-state index contributed by atoms with van der Waals surface area (Å²) >= 11 is 0. The number of hydrogen-bond donors (Lipinski definition) is 1. The van der Waals surface area contributed by atoms with E-state index < -0.39 is 0 Å². The number of rotatable bonds is 7. The number of nitrogens with zero attached hydrogens (tertiary/aromatic N) is 7. The van der Waals surface area contributed by atoms with Crippen molar-refractivity contribution in [2.75, 3.05) is 26.4 Å². The molecular formula is C24H28N8O. The van der Waals surface area contributed by atoms with E-state index in [0.717, 1.165) is 48.3 Å². The normalized spacial score (nSPS) is 16.0. The molecule has 33 heavy (non-hydrogen) atoms. The van der Waals surface area contributed by atoms with Crippen molar-refractivity contribution in [1.82, 2.24) is 34.8 Å². The number of aromatic nitrogens is 6. The Bertz CT molecular complexity index is 1220. The summed E-state index contributed by atoms with van der Waals surface area (Å²) < 4.78 is 7.62. The van der Waals surface area contributed by atoms with Gasteiger partial charge in [0.1, 0.15) is 0 Å². The predicted molar refractivity (Wildman–Crippen MR) is 125 cm³/mol. The van der Waals surface area contributed by atoms with E-state index in [4.69, 9.17) is 15.2 Å². The molecule has 1 fully saturated rings. The van der Waals surface area contributed by atoms with Gasteiger partial charge in [-0.2, -0.15) is 10.1 Å². The lowest BCUT2D eigenvalue weighted by Gasteiger charge is -2.39. The second kappa shape index (κ2) is 8.40. The fraction of sp³-hybridized carbons (Fsp3) is 0.375. The molecule has 1 aromatic carbocycles. The molecule has 9 nitrogen and oxygen atoms in total. The van der Waals surface area contributed by atoms with E-state index in [-0.39, 0.29) is 17.4 Å². The van der Waals surface area contributed by atoms with Crippen LogP contribution in [0.5, 0.6) is 0 Å². The van der Waals surface area contributed by atoms with Crippen LogP contribution in [0.4, 0.5) is 5.95 Å². The molecule has 1 aliphatic carbocycles. The molecule has 3 heterocycles. The van der Waals surface area contributed by atoms with Gasteiger partial charge in [0.15, 0.2) is 5.82 Å². The van der Waals surface area contributed by atoms with Gasteiger partial charge < -0.3 is 15.2 Å². The fourth-order valence-electron chi connectivity index (χ4n) is 4.48. The molecule has 9 heteroatoms. The van der Waals surface area contributed by atoms with Crippen molar-refractivity contribution in [3.63, 3.8) is 0 Å². The van der Waals surface area contributed by atoms with Crippen molar-refractivity contribution < 1.29 is 4.52 Å². The molecule has 0 aliphatic heterocycles. The highest BCUT2D eigenvalue weighted by atomic mass is 16.5. The average Bonchev–Trinajstić information content (AvgIpc) is 3.44. The van der Waals surface area contributed by atoms with Crippen LogP contribution in [0.3, 0.4) is 0 Å². The Balaban J connectivity index is 1.39. The second-order valence-corrected chi connectivity index (χ2v) is 9.09. The zero-order valence-corrected chi connectivity index (χ0v) is 19.1. The molecule has 0 amide bonds. The Morgan fingerprint density at radius 3 is 2.42 bits per heavy atom. The van der Waals surface area contributed by atoms with E-state index in [0.29, 0.717) is 5.89 Å². The molecule has 0 saturated heterocycles. The second-order valence-electron chi connectivity index (χ2n) is 9.09. The zero-order chi connectivity index (χ0) is 23.0. The summed E-state index contributed by atoms with van der Waals surface area (Å²) in [6.45, 7) is 3.04. The van der Waals surface area contributed by atoms with Crippen molar-refractivity contribution >= 4 is 5.95 Å². The summed E-state index contributed by atoms with van der Waals surface area (Å²) in [6.07, 6.45) is 10.4. The number of nitrogen functional groups attached to an aromatic ring is 1. The third-order valence-corrected chi connectivity index (χ3v) is 6.43. The topological polar surface area (TPSA) is 112 Å². The summed E-state index contributed by atoms with van der Waals surface area (Å²) in [5.41, 5.74) is 9.39. The van der Waals surface area contributed by atoms with Crippen LogP contribution in [0.2, 0.25) is 0 Å². The van der Waals surface area contributed by atoms with Gasteiger partial charge in [0.05, 0.1) is 23.2 Å². The molecule has 2 N–H and O–H groups in total. The minimum atomic E-state index is -0.216. The highest BCUT2D eigenvalue weighted by molar-refractivity contribution is 5.63. The Labute approximate surface area is 192 Å². The van der Waals surface area contributed by atoms with Crippen LogP contribution in [0, 0.1) is 0 Å². The number of hydrogen-bond acceptors (Lipinski definition) is 8. The number of nitrogens with two attached hydrogens (primary N) is 1. The monoisotopic (exact) mass is 444 g/mol. The van der Waals surface area contributed by atoms with Crippen LogP contribution in [0.25, 0.3) is 22.6 Å². The van der Waals surface area contributed by atoms with Gasteiger partial charge in [0.25, 0.3) is 5.89 Å². The van der Waals surface area contributed by atoms with E-state index in [1.54, 1.807) is 18.6 Å². The number of anilines is 1.